The minimum atomic E-state index is -0.794. The summed E-state index contributed by atoms with van der Waals surface area (Å²) in [5.74, 6) is 0.712. The summed E-state index contributed by atoms with van der Waals surface area (Å²) in [4.78, 5) is 0. The van der Waals surface area contributed by atoms with Crippen molar-refractivity contribution in [2.75, 3.05) is 7.11 Å². The first-order valence-corrected chi connectivity index (χ1v) is 7.40. The van der Waals surface area contributed by atoms with Crippen LogP contribution in [0.25, 0.3) is 0 Å². The molecule has 1 atom stereocenters. The standard InChI is InChI=1S/C16H16BrClO2/c1-9-4-6-12(16(20-3)10(9)2)15(19)13-8-11(18)5-7-14(13)17/h4-8,15,19H,1-3H3. The number of hydrogen-bond acceptors (Lipinski definition) is 2. The van der Waals surface area contributed by atoms with Crippen LogP contribution in [0.1, 0.15) is 28.4 Å². The first-order valence-electron chi connectivity index (χ1n) is 6.22. The minimum Gasteiger partial charge on any atom is -0.496 e. The van der Waals surface area contributed by atoms with Crippen molar-refractivity contribution < 1.29 is 9.84 Å². The van der Waals surface area contributed by atoms with Crippen LogP contribution in [0.5, 0.6) is 5.75 Å². The Morgan fingerprint density at radius 3 is 2.50 bits per heavy atom. The van der Waals surface area contributed by atoms with Crippen molar-refractivity contribution in [1.29, 1.82) is 0 Å². The van der Waals surface area contributed by atoms with Gasteiger partial charge in [-0.25, -0.2) is 0 Å². The van der Waals surface area contributed by atoms with Crippen molar-refractivity contribution in [2.45, 2.75) is 20.0 Å². The van der Waals surface area contributed by atoms with Crippen LogP contribution in [0.2, 0.25) is 5.02 Å². The predicted molar refractivity (Wildman–Crippen MR) is 85.7 cm³/mol. The first-order chi connectivity index (χ1) is 9.45. The van der Waals surface area contributed by atoms with Gasteiger partial charge in [0.2, 0.25) is 0 Å². The zero-order valence-electron chi connectivity index (χ0n) is 11.6. The summed E-state index contributed by atoms with van der Waals surface area (Å²) in [6.07, 6.45) is -0.794. The second kappa shape index (κ2) is 6.17. The number of aryl methyl sites for hydroxylation is 1. The van der Waals surface area contributed by atoms with Crippen molar-refractivity contribution >= 4 is 27.5 Å². The molecule has 0 aliphatic carbocycles. The molecular weight excluding hydrogens is 340 g/mol. The van der Waals surface area contributed by atoms with Gasteiger partial charge in [-0.3, -0.25) is 0 Å². The van der Waals surface area contributed by atoms with Crippen LogP contribution < -0.4 is 4.74 Å². The van der Waals surface area contributed by atoms with Gasteiger partial charge in [0.25, 0.3) is 0 Å². The normalized spacial score (nSPS) is 12.3. The van der Waals surface area contributed by atoms with Gasteiger partial charge in [0.15, 0.2) is 0 Å². The number of benzene rings is 2. The average molecular weight is 356 g/mol. The maximum Gasteiger partial charge on any atom is 0.128 e. The summed E-state index contributed by atoms with van der Waals surface area (Å²) < 4.78 is 6.28. The van der Waals surface area contributed by atoms with E-state index in [2.05, 4.69) is 15.9 Å². The number of methoxy groups -OCH3 is 1. The number of ether oxygens (including phenoxy) is 1. The molecule has 4 heteroatoms. The lowest BCUT2D eigenvalue weighted by molar-refractivity contribution is 0.213. The summed E-state index contributed by atoms with van der Waals surface area (Å²) in [6, 6.07) is 9.23. The summed E-state index contributed by atoms with van der Waals surface area (Å²) in [5, 5.41) is 11.2. The zero-order valence-corrected chi connectivity index (χ0v) is 13.9. The van der Waals surface area contributed by atoms with Crippen molar-refractivity contribution in [3.05, 3.63) is 62.1 Å². The molecule has 1 N–H and O–H groups in total. The topological polar surface area (TPSA) is 29.5 Å². The van der Waals surface area contributed by atoms with E-state index in [1.165, 1.54) is 0 Å². The van der Waals surface area contributed by atoms with Gasteiger partial charge in [0.05, 0.1) is 7.11 Å². The highest BCUT2D eigenvalue weighted by atomic mass is 79.9. The molecule has 2 aromatic rings. The SMILES string of the molecule is COc1c(C(O)c2cc(Cl)ccc2Br)ccc(C)c1C. The van der Waals surface area contributed by atoms with Crippen LogP contribution in [0.15, 0.2) is 34.8 Å². The van der Waals surface area contributed by atoms with Gasteiger partial charge < -0.3 is 9.84 Å². The van der Waals surface area contributed by atoms with Gasteiger partial charge in [-0.05, 0) is 43.2 Å². The van der Waals surface area contributed by atoms with E-state index in [0.29, 0.717) is 10.8 Å². The smallest absolute Gasteiger partial charge is 0.128 e. The van der Waals surface area contributed by atoms with Crippen LogP contribution in [0.4, 0.5) is 0 Å². The molecule has 20 heavy (non-hydrogen) atoms. The van der Waals surface area contributed by atoms with Gasteiger partial charge in [-0.2, -0.15) is 0 Å². The molecule has 0 heterocycles. The molecule has 1 unspecified atom stereocenters. The second-order valence-corrected chi connectivity index (χ2v) is 5.99. The molecule has 0 radical (unpaired) electrons. The quantitative estimate of drug-likeness (QED) is 0.856. The first kappa shape index (κ1) is 15.4. The summed E-state index contributed by atoms with van der Waals surface area (Å²) in [5.41, 5.74) is 3.61. The predicted octanol–water partition coefficient (Wildman–Crippen LogP) is 4.81. The lowest BCUT2D eigenvalue weighted by Gasteiger charge is -2.19. The maximum atomic E-state index is 10.7. The van der Waals surface area contributed by atoms with E-state index >= 15 is 0 Å². The van der Waals surface area contributed by atoms with E-state index < -0.39 is 6.10 Å². The molecule has 2 aromatic carbocycles. The molecule has 0 fully saturated rings. The Balaban J connectivity index is 2.56. The van der Waals surface area contributed by atoms with Gasteiger partial charge in [-0.15, -0.1) is 0 Å². The highest BCUT2D eigenvalue weighted by Gasteiger charge is 2.20. The molecule has 2 nitrogen and oxygen atoms in total. The fourth-order valence-corrected chi connectivity index (χ4v) is 2.83. The van der Waals surface area contributed by atoms with Gasteiger partial charge in [-0.1, -0.05) is 39.7 Å². The van der Waals surface area contributed by atoms with E-state index in [-0.39, 0.29) is 0 Å². The summed E-state index contributed by atoms with van der Waals surface area (Å²) in [7, 11) is 1.62. The van der Waals surface area contributed by atoms with Crippen LogP contribution in [-0.2, 0) is 0 Å². The van der Waals surface area contributed by atoms with E-state index in [4.69, 9.17) is 16.3 Å². The lowest BCUT2D eigenvalue weighted by atomic mass is 9.96. The third-order valence-electron chi connectivity index (χ3n) is 3.46. The fourth-order valence-electron chi connectivity index (χ4n) is 2.19. The Hall–Kier alpha value is -1.03. The van der Waals surface area contributed by atoms with E-state index in [0.717, 1.165) is 26.7 Å². The average Bonchev–Trinajstić information content (AvgIpc) is 2.43. The van der Waals surface area contributed by atoms with E-state index in [1.54, 1.807) is 19.2 Å². The highest BCUT2D eigenvalue weighted by Crippen LogP contribution is 2.37. The molecule has 0 amide bonds. The molecule has 0 saturated carbocycles. The second-order valence-electron chi connectivity index (χ2n) is 4.70. The molecule has 2 rings (SSSR count). The minimum absolute atomic E-state index is 0.588. The van der Waals surface area contributed by atoms with Crippen LogP contribution in [0, 0.1) is 13.8 Å². The van der Waals surface area contributed by atoms with Gasteiger partial charge in [0.1, 0.15) is 11.9 Å². The molecule has 0 aromatic heterocycles. The number of aliphatic hydroxyl groups is 1. The third-order valence-corrected chi connectivity index (χ3v) is 4.42. The van der Waals surface area contributed by atoms with Gasteiger partial charge in [0, 0.05) is 20.6 Å². The Morgan fingerprint density at radius 2 is 1.85 bits per heavy atom. The van der Waals surface area contributed by atoms with Crippen LogP contribution in [-0.4, -0.2) is 12.2 Å². The van der Waals surface area contributed by atoms with Crippen molar-refractivity contribution in [3.63, 3.8) is 0 Å². The number of rotatable bonds is 3. The Kier molecular flexibility index (Phi) is 4.74. The number of hydrogen-bond donors (Lipinski definition) is 1. The van der Waals surface area contributed by atoms with Crippen LogP contribution in [0.3, 0.4) is 0 Å². The van der Waals surface area contributed by atoms with Crippen LogP contribution >= 0.6 is 27.5 Å². The van der Waals surface area contributed by atoms with Gasteiger partial charge >= 0.3 is 0 Å². The molecule has 0 saturated heterocycles. The third kappa shape index (κ3) is 2.85. The monoisotopic (exact) mass is 354 g/mol. The molecule has 0 spiro atoms. The van der Waals surface area contributed by atoms with E-state index in [1.807, 2.05) is 32.0 Å². The Labute approximate surface area is 132 Å². The zero-order chi connectivity index (χ0) is 14.9. The maximum absolute atomic E-state index is 10.7. The molecule has 0 aliphatic rings. The molecule has 0 bridgehead atoms. The van der Waals surface area contributed by atoms with Crippen molar-refractivity contribution in [1.82, 2.24) is 0 Å². The van der Waals surface area contributed by atoms with E-state index in [9.17, 15) is 5.11 Å². The Bertz CT molecular complexity index is 641. The molecular formula is C16H16BrClO2. The van der Waals surface area contributed by atoms with Crippen molar-refractivity contribution in [2.24, 2.45) is 0 Å². The summed E-state index contributed by atoms with van der Waals surface area (Å²) in [6.45, 7) is 4.00. The van der Waals surface area contributed by atoms with Crippen molar-refractivity contribution in [3.8, 4) is 5.75 Å². The molecule has 0 aliphatic heterocycles. The fraction of sp³-hybridized carbons (Fsp3) is 0.250. The highest BCUT2D eigenvalue weighted by molar-refractivity contribution is 9.10. The molecule has 106 valence electrons. The number of halogens is 2. The number of aliphatic hydroxyl groups excluding tert-OH is 1. The lowest BCUT2D eigenvalue weighted by Crippen LogP contribution is -2.05. The summed E-state index contributed by atoms with van der Waals surface area (Å²) >= 11 is 9.46. The largest absolute Gasteiger partial charge is 0.496 e. The Morgan fingerprint density at radius 1 is 1.15 bits per heavy atom.